The average molecular weight is 326 g/mol. The fourth-order valence-electron chi connectivity index (χ4n) is 3.40. The Morgan fingerprint density at radius 3 is 2.17 bits per heavy atom. The van der Waals surface area contributed by atoms with Gasteiger partial charge in [0.15, 0.2) is 0 Å². The van der Waals surface area contributed by atoms with Crippen LogP contribution in [0.2, 0.25) is 0 Å². The van der Waals surface area contributed by atoms with Crippen molar-refractivity contribution in [2.75, 3.05) is 39.3 Å². The molecule has 0 aromatic heterocycles. The van der Waals surface area contributed by atoms with E-state index in [1.807, 2.05) is 0 Å². The van der Waals surface area contributed by atoms with Crippen LogP contribution in [0.1, 0.15) is 66.2 Å². The Morgan fingerprint density at radius 2 is 1.61 bits per heavy atom. The van der Waals surface area contributed by atoms with Gasteiger partial charge in [-0.3, -0.25) is 4.79 Å². The highest BCUT2D eigenvalue weighted by molar-refractivity contribution is 5.83. The van der Waals surface area contributed by atoms with E-state index in [4.69, 9.17) is 0 Å². The van der Waals surface area contributed by atoms with Gasteiger partial charge in [-0.25, -0.2) is 0 Å². The topological polar surface area (TPSA) is 44.4 Å². The van der Waals surface area contributed by atoms with E-state index in [2.05, 4.69) is 43.2 Å². The summed E-state index contributed by atoms with van der Waals surface area (Å²) >= 11 is 0. The molecule has 4 heteroatoms. The summed E-state index contributed by atoms with van der Waals surface area (Å²) in [7, 11) is 0. The monoisotopic (exact) mass is 325 g/mol. The number of nitrogens with zero attached hydrogens (tertiary/aromatic N) is 1. The molecule has 1 amide bonds. The van der Waals surface area contributed by atoms with Gasteiger partial charge < -0.3 is 15.5 Å². The first-order valence-electron chi connectivity index (χ1n) is 9.69. The third-order valence-electron chi connectivity index (χ3n) is 4.63. The summed E-state index contributed by atoms with van der Waals surface area (Å²) in [5.74, 6) is 0.934. The maximum atomic E-state index is 12.3. The molecule has 0 atom stereocenters. The Balaban J connectivity index is 1.95. The zero-order valence-corrected chi connectivity index (χ0v) is 15.9. The van der Waals surface area contributed by atoms with Gasteiger partial charge in [-0.15, -0.1) is 0 Å². The zero-order chi connectivity index (χ0) is 17.1. The Kier molecular flexibility index (Phi) is 9.80. The number of rotatable bonds is 13. The predicted molar refractivity (Wildman–Crippen MR) is 98.6 cm³/mol. The number of amides is 1. The molecule has 0 aliphatic carbocycles. The fraction of sp³-hybridized carbons (Fsp3) is 0.947. The lowest BCUT2D eigenvalue weighted by Crippen LogP contribution is -2.62. The molecule has 0 saturated carbocycles. The molecule has 0 aromatic carbocycles. The predicted octanol–water partition coefficient (Wildman–Crippen LogP) is 3.03. The van der Waals surface area contributed by atoms with E-state index >= 15 is 0 Å². The standard InChI is InChI=1S/C19H39N3O/c1-5-20-12-10-8-6-7-9-11-13-21-18(23)19(4)15-22(16-19)14-17(2)3/h17,20H,5-16H2,1-4H3,(H,21,23). The maximum Gasteiger partial charge on any atom is 0.228 e. The van der Waals surface area contributed by atoms with Crippen LogP contribution in [0.15, 0.2) is 0 Å². The van der Waals surface area contributed by atoms with Gasteiger partial charge in [-0.1, -0.05) is 46.5 Å². The van der Waals surface area contributed by atoms with E-state index < -0.39 is 0 Å². The smallest absolute Gasteiger partial charge is 0.228 e. The average Bonchev–Trinajstić information content (AvgIpc) is 2.46. The fourth-order valence-corrected chi connectivity index (χ4v) is 3.40. The van der Waals surface area contributed by atoms with Crippen LogP contribution < -0.4 is 10.6 Å². The first kappa shape index (κ1) is 20.4. The quantitative estimate of drug-likeness (QED) is 0.512. The first-order chi connectivity index (χ1) is 11.0. The summed E-state index contributed by atoms with van der Waals surface area (Å²) in [5.41, 5.74) is -0.152. The van der Waals surface area contributed by atoms with Crippen molar-refractivity contribution in [3.63, 3.8) is 0 Å². The number of carbonyl (C=O) groups is 1. The van der Waals surface area contributed by atoms with Crippen LogP contribution in [0.25, 0.3) is 0 Å². The molecule has 0 unspecified atom stereocenters. The minimum absolute atomic E-state index is 0.152. The van der Waals surface area contributed by atoms with Gasteiger partial charge in [0, 0.05) is 26.2 Å². The lowest BCUT2D eigenvalue weighted by Gasteiger charge is -2.47. The molecule has 1 aliphatic heterocycles. The molecular formula is C19H39N3O. The molecule has 23 heavy (non-hydrogen) atoms. The van der Waals surface area contributed by atoms with Crippen molar-refractivity contribution in [1.29, 1.82) is 0 Å². The van der Waals surface area contributed by atoms with E-state index in [1.54, 1.807) is 0 Å². The van der Waals surface area contributed by atoms with Crippen LogP contribution in [0, 0.1) is 11.3 Å². The van der Waals surface area contributed by atoms with Crippen molar-refractivity contribution in [1.82, 2.24) is 15.5 Å². The van der Waals surface area contributed by atoms with Gasteiger partial charge in [0.25, 0.3) is 0 Å². The van der Waals surface area contributed by atoms with E-state index in [0.29, 0.717) is 5.92 Å². The Bertz CT molecular complexity index is 325. The summed E-state index contributed by atoms with van der Waals surface area (Å²) in [5, 5.41) is 6.50. The van der Waals surface area contributed by atoms with Crippen LogP contribution in [0.3, 0.4) is 0 Å². The van der Waals surface area contributed by atoms with Gasteiger partial charge in [0.05, 0.1) is 5.41 Å². The molecule has 1 aliphatic rings. The third kappa shape index (κ3) is 8.16. The summed E-state index contributed by atoms with van der Waals surface area (Å²) in [6.45, 7) is 14.7. The summed E-state index contributed by atoms with van der Waals surface area (Å²) in [6.07, 6.45) is 7.57. The molecule has 0 bridgehead atoms. The Morgan fingerprint density at radius 1 is 1.04 bits per heavy atom. The molecule has 1 fully saturated rings. The van der Waals surface area contributed by atoms with Gasteiger partial charge in [-0.2, -0.15) is 0 Å². The number of likely N-dealkylation sites (tertiary alicyclic amines) is 1. The second kappa shape index (κ2) is 11.0. The highest BCUT2D eigenvalue weighted by Crippen LogP contribution is 2.30. The minimum atomic E-state index is -0.152. The number of carbonyl (C=O) groups excluding carboxylic acids is 1. The number of hydrogen-bond donors (Lipinski definition) is 2. The van der Waals surface area contributed by atoms with Crippen molar-refractivity contribution in [2.24, 2.45) is 11.3 Å². The van der Waals surface area contributed by atoms with Gasteiger partial charge in [-0.05, 0) is 38.8 Å². The molecule has 0 aromatic rings. The normalized spacial score (nSPS) is 17.3. The second-order valence-corrected chi connectivity index (χ2v) is 7.85. The molecule has 1 rings (SSSR count). The van der Waals surface area contributed by atoms with E-state index in [-0.39, 0.29) is 11.3 Å². The summed E-state index contributed by atoms with van der Waals surface area (Å²) < 4.78 is 0. The minimum Gasteiger partial charge on any atom is -0.356 e. The van der Waals surface area contributed by atoms with E-state index in [9.17, 15) is 4.79 Å². The molecular weight excluding hydrogens is 286 g/mol. The van der Waals surface area contributed by atoms with Gasteiger partial charge in [0.2, 0.25) is 5.91 Å². The van der Waals surface area contributed by atoms with Crippen molar-refractivity contribution in [3.05, 3.63) is 0 Å². The largest absolute Gasteiger partial charge is 0.356 e. The molecule has 1 saturated heterocycles. The number of nitrogens with one attached hydrogen (secondary N) is 2. The highest BCUT2D eigenvalue weighted by Gasteiger charge is 2.44. The Labute approximate surface area is 143 Å². The molecule has 0 spiro atoms. The lowest BCUT2D eigenvalue weighted by molar-refractivity contribution is -0.140. The zero-order valence-electron chi connectivity index (χ0n) is 15.9. The first-order valence-corrected chi connectivity index (χ1v) is 9.69. The van der Waals surface area contributed by atoms with Crippen LogP contribution >= 0.6 is 0 Å². The van der Waals surface area contributed by atoms with Crippen LogP contribution in [0.4, 0.5) is 0 Å². The molecule has 4 nitrogen and oxygen atoms in total. The van der Waals surface area contributed by atoms with Gasteiger partial charge in [0.1, 0.15) is 0 Å². The summed E-state index contributed by atoms with van der Waals surface area (Å²) in [6, 6.07) is 0. The van der Waals surface area contributed by atoms with E-state index in [0.717, 1.165) is 45.7 Å². The van der Waals surface area contributed by atoms with Crippen molar-refractivity contribution in [2.45, 2.75) is 66.2 Å². The SMILES string of the molecule is CCNCCCCCCCCNC(=O)C1(C)CN(CC(C)C)C1. The molecule has 136 valence electrons. The second-order valence-electron chi connectivity index (χ2n) is 7.85. The number of unbranched alkanes of at least 4 members (excludes halogenated alkanes) is 5. The third-order valence-corrected chi connectivity index (χ3v) is 4.63. The van der Waals surface area contributed by atoms with Crippen LogP contribution in [0.5, 0.6) is 0 Å². The summed E-state index contributed by atoms with van der Waals surface area (Å²) in [4.78, 5) is 14.7. The lowest BCUT2D eigenvalue weighted by atomic mass is 9.80. The Hall–Kier alpha value is -0.610. The maximum absolute atomic E-state index is 12.3. The van der Waals surface area contributed by atoms with Crippen LogP contribution in [-0.4, -0.2) is 50.1 Å². The van der Waals surface area contributed by atoms with Crippen molar-refractivity contribution < 1.29 is 4.79 Å². The molecule has 0 radical (unpaired) electrons. The van der Waals surface area contributed by atoms with Crippen LogP contribution in [-0.2, 0) is 4.79 Å². The van der Waals surface area contributed by atoms with Crippen molar-refractivity contribution >= 4 is 5.91 Å². The number of hydrogen-bond acceptors (Lipinski definition) is 3. The molecule has 1 heterocycles. The van der Waals surface area contributed by atoms with Gasteiger partial charge >= 0.3 is 0 Å². The highest BCUT2D eigenvalue weighted by atomic mass is 16.2. The van der Waals surface area contributed by atoms with E-state index in [1.165, 1.54) is 32.1 Å². The van der Waals surface area contributed by atoms with Crippen molar-refractivity contribution in [3.8, 4) is 0 Å². The molecule has 2 N–H and O–H groups in total.